The standard InChI is InChI=1S/C23H15F6NO5/c1-33-21(31)14-5-3-4-8-30(19(14)22(32)34-2)18-11-13(6-7-15(18)24)35-20-16(25)9-12(10-17(20)26)23(27,28)29/h3-11H,1-2H3. The van der Waals surface area contributed by atoms with Crippen molar-refractivity contribution in [2.75, 3.05) is 19.1 Å². The lowest BCUT2D eigenvalue weighted by Crippen LogP contribution is -2.27. The highest BCUT2D eigenvalue weighted by molar-refractivity contribution is 6.05. The van der Waals surface area contributed by atoms with Gasteiger partial charge in [-0.05, 0) is 36.4 Å². The molecule has 0 bridgehead atoms. The van der Waals surface area contributed by atoms with Gasteiger partial charge in [-0.2, -0.15) is 13.2 Å². The van der Waals surface area contributed by atoms with E-state index < -0.39 is 64.0 Å². The number of carbonyl (C=O) groups is 2. The summed E-state index contributed by atoms with van der Waals surface area (Å²) in [6.45, 7) is 0. The summed E-state index contributed by atoms with van der Waals surface area (Å²) in [6, 6.07) is 2.79. The average Bonchev–Trinajstić information content (AvgIpc) is 3.03. The SMILES string of the molecule is COC(=O)C1=C(C(=O)OC)N(c2cc(Oc3c(F)cc(C(F)(F)F)cc3F)ccc2F)C=CC=C1. The molecule has 0 fully saturated rings. The molecule has 1 aliphatic heterocycles. The Balaban J connectivity index is 2.10. The molecule has 1 heterocycles. The van der Waals surface area contributed by atoms with Gasteiger partial charge in [-0.25, -0.2) is 22.8 Å². The molecule has 1 aliphatic rings. The van der Waals surface area contributed by atoms with Crippen molar-refractivity contribution in [1.29, 1.82) is 0 Å². The number of halogens is 6. The van der Waals surface area contributed by atoms with Crippen molar-refractivity contribution in [3.8, 4) is 11.5 Å². The lowest BCUT2D eigenvalue weighted by atomic mass is 10.1. The van der Waals surface area contributed by atoms with E-state index in [4.69, 9.17) is 9.47 Å². The lowest BCUT2D eigenvalue weighted by Gasteiger charge is -2.24. The van der Waals surface area contributed by atoms with Crippen LogP contribution in [0.15, 0.2) is 66.0 Å². The number of allylic oxidation sites excluding steroid dienone is 2. The zero-order chi connectivity index (χ0) is 25.9. The second-order valence-corrected chi connectivity index (χ2v) is 6.80. The van der Waals surface area contributed by atoms with E-state index in [2.05, 4.69) is 4.74 Å². The average molecular weight is 499 g/mol. The van der Waals surface area contributed by atoms with Crippen molar-refractivity contribution >= 4 is 17.6 Å². The van der Waals surface area contributed by atoms with E-state index in [1.54, 1.807) is 0 Å². The lowest BCUT2D eigenvalue weighted by molar-refractivity contribution is -0.139. The van der Waals surface area contributed by atoms with E-state index in [-0.39, 0.29) is 17.7 Å². The normalized spacial score (nSPS) is 13.5. The fourth-order valence-corrected chi connectivity index (χ4v) is 3.03. The molecule has 0 atom stereocenters. The first-order chi connectivity index (χ1) is 16.5. The number of esters is 2. The Bertz CT molecular complexity index is 1240. The van der Waals surface area contributed by atoms with E-state index in [1.165, 1.54) is 24.4 Å². The zero-order valence-corrected chi connectivity index (χ0v) is 18.0. The zero-order valence-electron chi connectivity index (χ0n) is 18.0. The van der Waals surface area contributed by atoms with E-state index >= 15 is 0 Å². The fraction of sp³-hybridized carbons (Fsp3) is 0.130. The molecular formula is C23H15F6NO5. The predicted molar refractivity (Wildman–Crippen MR) is 110 cm³/mol. The highest BCUT2D eigenvalue weighted by atomic mass is 19.4. The van der Waals surface area contributed by atoms with Gasteiger partial charge in [0.2, 0.25) is 0 Å². The Morgan fingerprint density at radius 2 is 1.49 bits per heavy atom. The smallest absolute Gasteiger partial charge is 0.416 e. The van der Waals surface area contributed by atoms with Gasteiger partial charge in [-0.3, -0.25) is 0 Å². The van der Waals surface area contributed by atoms with E-state index in [9.17, 15) is 35.9 Å². The first-order valence-corrected chi connectivity index (χ1v) is 9.56. The fourth-order valence-electron chi connectivity index (χ4n) is 3.03. The first-order valence-electron chi connectivity index (χ1n) is 9.56. The monoisotopic (exact) mass is 499 g/mol. The summed E-state index contributed by atoms with van der Waals surface area (Å²) in [6.07, 6.45) is 0.131. The number of hydrogen-bond acceptors (Lipinski definition) is 6. The summed E-state index contributed by atoms with van der Waals surface area (Å²) in [7, 11) is 2.08. The maximum atomic E-state index is 14.8. The summed E-state index contributed by atoms with van der Waals surface area (Å²) < 4.78 is 96.0. The Kier molecular flexibility index (Phi) is 7.22. The summed E-state index contributed by atoms with van der Waals surface area (Å²) in [5.74, 6) is -7.81. The Morgan fingerprint density at radius 1 is 0.857 bits per heavy atom. The largest absolute Gasteiger partial charge is 0.465 e. The Hall–Kier alpha value is -4.22. The van der Waals surface area contributed by atoms with Gasteiger partial charge in [0, 0.05) is 12.3 Å². The van der Waals surface area contributed by atoms with Crippen molar-refractivity contribution < 1.29 is 50.1 Å². The summed E-state index contributed by atoms with van der Waals surface area (Å²) >= 11 is 0. The van der Waals surface area contributed by atoms with Crippen LogP contribution in [0.5, 0.6) is 11.5 Å². The quantitative estimate of drug-likeness (QED) is 0.405. The van der Waals surface area contributed by atoms with Crippen LogP contribution < -0.4 is 9.64 Å². The van der Waals surface area contributed by atoms with Crippen LogP contribution >= 0.6 is 0 Å². The van der Waals surface area contributed by atoms with Crippen LogP contribution in [0, 0.1) is 17.5 Å². The number of rotatable bonds is 5. The molecule has 6 nitrogen and oxygen atoms in total. The van der Waals surface area contributed by atoms with Gasteiger partial charge in [-0.1, -0.05) is 6.08 Å². The predicted octanol–water partition coefficient (Wildman–Crippen LogP) is 5.41. The molecule has 3 rings (SSSR count). The summed E-state index contributed by atoms with van der Waals surface area (Å²) in [5.41, 5.74) is -2.73. The molecule has 2 aromatic rings. The molecule has 12 heteroatoms. The van der Waals surface area contributed by atoms with Crippen molar-refractivity contribution in [3.05, 3.63) is 89.0 Å². The second kappa shape index (κ2) is 9.95. The highest BCUT2D eigenvalue weighted by Gasteiger charge is 2.33. The molecular weight excluding hydrogens is 484 g/mol. The summed E-state index contributed by atoms with van der Waals surface area (Å²) in [5, 5.41) is 0. The number of benzene rings is 2. The van der Waals surface area contributed by atoms with Gasteiger partial charge >= 0.3 is 18.1 Å². The van der Waals surface area contributed by atoms with Crippen LogP contribution in [0.2, 0.25) is 0 Å². The molecule has 35 heavy (non-hydrogen) atoms. The minimum atomic E-state index is -5.00. The number of alkyl halides is 3. The number of nitrogens with zero attached hydrogens (tertiary/aromatic N) is 1. The molecule has 0 unspecified atom stereocenters. The molecule has 0 saturated carbocycles. The minimum absolute atomic E-state index is 0.0484. The minimum Gasteiger partial charge on any atom is -0.465 e. The topological polar surface area (TPSA) is 65.1 Å². The maximum Gasteiger partial charge on any atom is 0.416 e. The number of anilines is 1. The molecule has 0 N–H and O–H groups in total. The number of carbonyl (C=O) groups excluding carboxylic acids is 2. The maximum absolute atomic E-state index is 14.8. The van der Waals surface area contributed by atoms with E-state index in [0.717, 1.165) is 37.3 Å². The van der Waals surface area contributed by atoms with Crippen molar-refractivity contribution in [1.82, 2.24) is 0 Å². The van der Waals surface area contributed by atoms with Crippen molar-refractivity contribution in [2.24, 2.45) is 0 Å². The second-order valence-electron chi connectivity index (χ2n) is 6.80. The third-order valence-electron chi connectivity index (χ3n) is 4.61. The number of methoxy groups -OCH3 is 2. The Labute approximate surface area is 194 Å². The van der Waals surface area contributed by atoms with Gasteiger partial charge < -0.3 is 19.1 Å². The number of hydrogen-bond donors (Lipinski definition) is 0. The molecule has 0 aliphatic carbocycles. The Morgan fingerprint density at radius 3 is 2.06 bits per heavy atom. The molecule has 0 aromatic heterocycles. The molecule has 0 amide bonds. The van der Waals surface area contributed by atoms with E-state index in [1.807, 2.05) is 0 Å². The van der Waals surface area contributed by atoms with E-state index in [0.29, 0.717) is 0 Å². The molecule has 0 saturated heterocycles. The molecule has 184 valence electrons. The number of ether oxygens (including phenoxy) is 3. The molecule has 2 aromatic carbocycles. The van der Waals surface area contributed by atoms with Crippen LogP contribution in [-0.4, -0.2) is 26.2 Å². The molecule has 0 radical (unpaired) electrons. The van der Waals surface area contributed by atoms with Gasteiger partial charge in [0.15, 0.2) is 17.4 Å². The van der Waals surface area contributed by atoms with Crippen LogP contribution in [-0.2, 0) is 25.2 Å². The van der Waals surface area contributed by atoms with Gasteiger partial charge in [0.05, 0.1) is 31.0 Å². The molecule has 0 spiro atoms. The van der Waals surface area contributed by atoms with Gasteiger partial charge in [-0.15, -0.1) is 0 Å². The van der Waals surface area contributed by atoms with Gasteiger partial charge in [0.25, 0.3) is 0 Å². The van der Waals surface area contributed by atoms with Crippen molar-refractivity contribution in [2.45, 2.75) is 6.18 Å². The highest BCUT2D eigenvalue weighted by Crippen LogP contribution is 2.37. The third kappa shape index (κ3) is 5.31. The van der Waals surface area contributed by atoms with Crippen LogP contribution in [0.4, 0.5) is 32.0 Å². The van der Waals surface area contributed by atoms with Crippen LogP contribution in [0.1, 0.15) is 5.56 Å². The first kappa shape index (κ1) is 25.4. The van der Waals surface area contributed by atoms with Crippen LogP contribution in [0.25, 0.3) is 0 Å². The van der Waals surface area contributed by atoms with Crippen LogP contribution in [0.3, 0.4) is 0 Å². The van der Waals surface area contributed by atoms with Gasteiger partial charge in [0.1, 0.15) is 17.3 Å². The van der Waals surface area contributed by atoms with Crippen molar-refractivity contribution in [3.63, 3.8) is 0 Å². The summed E-state index contributed by atoms with van der Waals surface area (Å²) in [4.78, 5) is 25.6. The third-order valence-corrected chi connectivity index (χ3v) is 4.61.